The standard InChI is InChI=1S/C20H26N2O4S/c1-25-19-9-5-6-17(14-19)16-27(23,24)21-10-11-22-12-13-26-20(15-22)18-7-3-2-4-8-18/h2-9,14,20-21H,10-13,15-16H2,1H3. The summed E-state index contributed by atoms with van der Waals surface area (Å²) < 4.78 is 38.4. The highest BCUT2D eigenvalue weighted by Gasteiger charge is 2.22. The fraction of sp³-hybridized carbons (Fsp3) is 0.400. The van der Waals surface area contributed by atoms with E-state index in [0.717, 1.165) is 18.7 Å². The lowest BCUT2D eigenvalue weighted by Crippen LogP contribution is -2.42. The van der Waals surface area contributed by atoms with Crippen molar-refractivity contribution < 1.29 is 17.9 Å². The van der Waals surface area contributed by atoms with Gasteiger partial charge in [-0.3, -0.25) is 4.90 Å². The number of nitrogens with zero attached hydrogens (tertiary/aromatic N) is 1. The van der Waals surface area contributed by atoms with Crippen LogP contribution in [-0.4, -0.2) is 53.2 Å². The Hall–Kier alpha value is -1.93. The van der Waals surface area contributed by atoms with Crippen molar-refractivity contribution in [3.8, 4) is 5.75 Å². The molecule has 0 amide bonds. The van der Waals surface area contributed by atoms with E-state index in [4.69, 9.17) is 9.47 Å². The third-order valence-electron chi connectivity index (χ3n) is 4.56. The van der Waals surface area contributed by atoms with Crippen LogP contribution < -0.4 is 9.46 Å². The van der Waals surface area contributed by atoms with Crippen molar-refractivity contribution in [1.29, 1.82) is 0 Å². The first kappa shape index (κ1) is 19.8. The van der Waals surface area contributed by atoms with Crippen molar-refractivity contribution >= 4 is 10.0 Å². The first-order valence-electron chi connectivity index (χ1n) is 9.05. The highest BCUT2D eigenvalue weighted by molar-refractivity contribution is 7.88. The molecule has 0 aliphatic carbocycles. The molecule has 27 heavy (non-hydrogen) atoms. The number of methoxy groups -OCH3 is 1. The maximum atomic E-state index is 12.3. The van der Waals surface area contributed by atoms with Crippen LogP contribution in [0.2, 0.25) is 0 Å². The monoisotopic (exact) mass is 390 g/mol. The fourth-order valence-corrected chi connectivity index (χ4v) is 4.29. The van der Waals surface area contributed by atoms with Crippen molar-refractivity contribution in [1.82, 2.24) is 9.62 Å². The van der Waals surface area contributed by atoms with Crippen LogP contribution in [0.15, 0.2) is 54.6 Å². The molecular weight excluding hydrogens is 364 g/mol. The van der Waals surface area contributed by atoms with Gasteiger partial charge in [0.15, 0.2) is 0 Å². The van der Waals surface area contributed by atoms with Gasteiger partial charge in [0, 0.05) is 26.2 Å². The molecule has 0 bridgehead atoms. The molecule has 1 N–H and O–H groups in total. The van der Waals surface area contributed by atoms with Gasteiger partial charge in [-0.15, -0.1) is 0 Å². The number of nitrogens with one attached hydrogen (secondary N) is 1. The number of hydrogen-bond acceptors (Lipinski definition) is 5. The number of hydrogen-bond donors (Lipinski definition) is 1. The SMILES string of the molecule is COc1cccc(CS(=O)(=O)NCCN2CCOC(c3ccccc3)C2)c1. The number of morpholine rings is 1. The van der Waals surface area contributed by atoms with E-state index in [-0.39, 0.29) is 11.9 Å². The molecule has 1 heterocycles. The van der Waals surface area contributed by atoms with Gasteiger partial charge >= 0.3 is 0 Å². The van der Waals surface area contributed by atoms with Crippen molar-refractivity contribution in [2.45, 2.75) is 11.9 Å². The lowest BCUT2D eigenvalue weighted by atomic mass is 10.1. The zero-order valence-corrected chi connectivity index (χ0v) is 16.3. The molecule has 0 aromatic heterocycles. The van der Waals surface area contributed by atoms with Crippen LogP contribution in [0.4, 0.5) is 0 Å². The summed E-state index contributed by atoms with van der Waals surface area (Å²) in [6, 6.07) is 17.2. The molecule has 146 valence electrons. The lowest BCUT2D eigenvalue weighted by molar-refractivity contribution is -0.0291. The largest absolute Gasteiger partial charge is 0.497 e. The minimum Gasteiger partial charge on any atom is -0.497 e. The van der Waals surface area contributed by atoms with Crippen LogP contribution in [0.1, 0.15) is 17.2 Å². The Morgan fingerprint density at radius 2 is 2.00 bits per heavy atom. The highest BCUT2D eigenvalue weighted by atomic mass is 32.2. The molecule has 0 radical (unpaired) electrons. The summed E-state index contributed by atoms with van der Waals surface area (Å²) in [5, 5.41) is 0. The summed E-state index contributed by atoms with van der Waals surface area (Å²) in [7, 11) is -1.82. The van der Waals surface area contributed by atoms with Crippen molar-refractivity contribution in [2.75, 3.05) is 39.9 Å². The van der Waals surface area contributed by atoms with E-state index in [2.05, 4.69) is 21.8 Å². The molecule has 1 atom stereocenters. The molecule has 2 aromatic rings. The van der Waals surface area contributed by atoms with Crippen LogP contribution >= 0.6 is 0 Å². The molecule has 2 aromatic carbocycles. The molecule has 1 fully saturated rings. The van der Waals surface area contributed by atoms with Gasteiger partial charge in [0.2, 0.25) is 10.0 Å². The quantitative estimate of drug-likeness (QED) is 0.748. The van der Waals surface area contributed by atoms with Crippen LogP contribution in [0.3, 0.4) is 0 Å². The predicted octanol–water partition coefficient (Wildman–Crippen LogP) is 2.19. The Balaban J connectivity index is 1.48. The normalized spacial score (nSPS) is 18.3. The van der Waals surface area contributed by atoms with Gasteiger partial charge < -0.3 is 9.47 Å². The molecule has 1 saturated heterocycles. The van der Waals surface area contributed by atoms with E-state index in [0.29, 0.717) is 31.0 Å². The highest BCUT2D eigenvalue weighted by Crippen LogP contribution is 2.21. The Morgan fingerprint density at radius 3 is 2.78 bits per heavy atom. The Morgan fingerprint density at radius 1 is 1.19 bits per heavy atom. The van der Waals surface area contributed by atoms with Crippen molar-refractivity contribution in [2.24, 2.45) is 0 Å². The molecule has 1 aliphatic rings. The summed E-state index contributed by atoms with van der Waals surface area (Å²) in [5.74, 6) is 0.600. The van der Waals surface area contributed by atoms with E-state index in [1.54, 1.807) is 31.4 Å². The molecule has 0 saturated carbocycles. The average molecular weight is 391 g/mol. The Kier molecular flexibility index (Phi) is 6.84. The lowest BCUT2D eigenvalue weighted by Gasteiger charge is -2.33. The summed E-state index contributed by atoms with van der Waals surface area (Å²) >= 11 is 0. The number of rotatable bonds is 8. The van der Waals surface area contributed by atoms with Gasteiger partial charge in [-0.1, -0.05) is 42.5 Å². The summed E-state index contributed by atoms with van der Waals surface area (Å²) in [6.45, 7) is 3.26. The maximum Gasteiger partial charge on any atom is 0.215 e. The number of sulfonamides is 1. The zero-order valence-electron chi connectivity index (χ0n) is 15.5. The minimum atomic E-state index is -3.39. The number of ether oxygens (including phenoxy) is 2. The first-order chi connectivity index (χ1) is 13.1. The molecule has 6 nitrogen and oxygen atoms in total. The van der Waals surface area contributed by atoms with Gasteiger partial charge in [-0.2, -0.15) is 0 Å². The zero-order chi connectivity index (χ0) is 19.1. The van der Waals surface area contributed by atoms with E-state index >= 15 is 0 Å². The van der Waals surface area contributed by atoms with Crippen LogP contribution in [0.5, 0.6) is 5.75 Å². The van der Waals surface area contributed by atoms with E-state index < -0.39 is 10.0 Å². The van der Waals surface area contributed by atoms with E-state index in [9.17, 15) is 8.42 Å². The number of benzene rings is 2. The second-order valence-corrected chi connectivity index (χ2v) is 8.38. The molecule has 7 heteroatoms. The van der Waals surface area contributed by atoms with Gasteiger partial charge in [-0.05, 0) is 23.3 Å². The molecular formula is C20H26N2O4S. The summed E-state index contributed by atoms with van der Waals surface area (Å²) in [5.41, 5.74) is 1.86. The summed E-state index contributed by atoms with van der Waals surface area (Å²) in [6.07, 6.45) is 0.0355. The maximum absolute atomic E-state index is 12.3. The Bertz CT molecular complexity index is 827. The molecule has 3 rings (SSSR count). The Labute approximate surface area is 161 Å². The van der Waals surface area contributed by atoms with Crippen molar-refractivity contribution in [3.05, 3.63) is 65.7 Å². The predicted molar refractivity (Wildman–Crippen MR) is 105 cm³/mol. The minimum absolute atomic E-state index is 0.0355. The van der Waals surface area contributed by atoms with Crippen LogP contribution in [-0.2, 0) is 20.5 Å². The van der Waals surface area contributed by atoms with E-state index in [1.807, 2.05) is 18.2 Å². The molecule has 1 unspecified atom stereocenters. The molecule has 0 spiro atoms. The smallest absolute Gasteiger partial charge is 0.215 e. The fourth-order valence-electron chi connectivity index (χ4n) is 3.17. The molecule has 1 aliphatic heterocycles. The first-order valence-corrected chi connectivity index (χ1v) is 10.7. The summed E-state index contributed by atoms with van der Waals surface area (Å²) in [4.78, 5) is 2.23. The second-order valence-electron chi connectivity index (χ2n) is 6.58. The second kappa shape index (κ2) is 9.32. The average Bonchev–Trinajstić information content (AvgIpc) is 2.68. The van der Waals surface area contributed by atoms with Gasteiger partial charge in [0.1, 0.15) is 5.75 Å². The van der Waals surface area contributed by atoms with Crippen LogP contribution in [0.25, 0.3) is 0 Å². The third-order valence-corrected chi connectivity index (χ3v) is 5.92. The van der Waals surface area contributed by atoms with Crippen LogP contribution in [0, 0.1) is 0 Å². The van der Waals surface area contributed by atoms with Gasteiger partial charge in [0.05, 0.1) is 25.6 Å². The third kappa shape index (κ3) is 6.04. The van der Waals surface area contributed by atoms with E-state index in [1.165, 1.54) is 0 Å². The topological polar surface area (TPSA) is 67.9 Å². The van der Waals surface area contributed by atoms with Crippen molar-refractivity contribution in [3.63, 3.8) is 0 Å². The van der Waals surface area contributed by atoms with Gasteiger partial charge in [0.25, 0.3) is 0 Å². The van der Waals surface area contributed by atoms with Gasteiger partial charge in [-0.25, -0.2) is 13.1 Å².